The molecule has 1 aliphatic heterocycles. The molecule has 0 radical (unpaired) electrons. The number of hydrogen-bond donors (Lipinski definition) is 1. The highest BCUT2D eigenvalue weighted by Gasteiger charge is 2.37. The molecule has 0 aliphatic carbocycles. The first-order chi connectivity index (χ1) is 18.0. The molecule has 1 atom stereocenters. The maximum atomic E-state index is 13.5. The molecule has 1 aromatic heterocycles. The van der Waals surface area contributed by atoms with Gasteiger partial charge in [0, 0.05) is 24.7 Å². The number of carbonyl (C=O) groups excluding carboxylic acids is 1. The van der Waals surface area contributed by atoms with Gasteiger partial charge in [-0.3, -0.25) is 14.2 Å². The van der Waals surface area contributed by atoms with Crippen molar-refractivity contribution in [2.24, 2.45) is 7.05 Å². The van der Waals surface area contributed by atoms with Crippen molar-refractivity contribution in [3.63, 3.8) is 0 Å². The van der Waals surface area contributed by atoms with E-state index in [0.29, 0.717) is 10.6 Å². The summed E-state index contributed by atoms with van der Waals surface area (Å²) in [5.74, 6) is -1.17. The molecule has 2 heterocycles. The topological polar surface area (TPSA) is 104 Å². The van der Waals surface area contributed by atoms with Crippen LogP contribution in [0.5, 0.6) is 11.5 Å². The Hall–Kier alpha value is -4.13. The van der Waals surface area contributed by atoms with E-state index in [-0.39, 0.29) is 30.4 Å². The highest BCUT2D eigenvalue weighted by atomic mass is 35.5. The van der Waals surface area contributed by atoms with E-state index in [0.717, 1.165) is 21.3 Å². The minimum atomic E-state index is -4.90. The third-order valence-corrected chi connectivity index (χ3v) is 5.75. The van der Waals surface area contributed by atoms with Gasteiger partial charge in [0.1, 0.15) is 29.5 Å². The summed E-state index contributed by atoms with van der Waals surface area (Å²) in [6.45, 7) is 1.13. The van der Waals surface area contributed by atoms with Crippen molar-refractivity contribution >= 4 is 29.1 Å². The van der Waals surface area contributed by atoms with Crippen LogP contribution in [-0.2, 0) is 29.7 Å². The van der Waals surface area contributed by atoms with Gasteiger partial charge in [0.15, 0.2) is 0 Å². The summed E-state index contributed by atoms with van der Waals surface area (Å²) in [5, 5.41) is 3.42. The summed E-state index contributed by atoms with van der Waals surface area (Å²) in [7, 11) is 1.40. The van der Waals surface area contributed by atoms with E-state index < -0.39 is 42.2 Å². The molecule has 202 valence electrons. The van der Waals surface area contributed by atoms with E-state index in [1.54, 1.807) is 31.2 Å². The van der Waals surface area contributed by atoms with Crippen LogP contribution in [0.4, 0.5) is 24.7 Å². The zero-order chi connectivity index (χ0) is 27.6. The smallest absolute Gasteiger partial charge is 0.465 e. The maximum Gasteiger partial charge on any atom is 0.573 e. The Morgan fingerprint density at radius 1 is 1.11 bits per heavy atom. The standard InChI is InChI=1S/C24H22ClF3N4O6/c1-3-36-18(33)13-32-21(34)19-20(30(2)23(32)35)29-22(31(19)12-14-7-9-15(25)10-8-14)37-16-5-4-6-17(11-16)38-24(26,27)28/h4-11,22,29H,3,12-13H2,1-2H3. The van der Waals surface area contributed by atoms with Gasteiger partial charge in [-0.2, -0.15) is 0 Å². The van der Waals surface area contributed by atoms with Crippen LogP contribution in [0.1, 0.15) is 12.5 Å². The van der Waals surface area contributed by atoms with Gasteiger partial charge in [0.25, 0.3) is 11.9 Å². The van der Waals surface area contributed by atoms with Gasteiger partial charge in [0.2, 0.25) is 0 Å². The molecule has 0 saturated carbocycles. The van der Waals surface area contributed by atoms with Crippen molar-refractivity contribution in [3.8, 4) is 11.5 Å². The summed E-state index contributed by atoms with van der Waals surface area (Å²) < 4.78 is 54.7. The second-order valence-corrected chi connectivity index (χ2v) is 8.56. The number of esters is 1. The molecule has 0 amide bonds. The minimum absolute atomic E-state index is 0.00462. The van der Waals surface area contributed by atoms with Crippen LogP contribution < -0.4 is 30.9 Å². The molecule has 0 spiro atoms. The van der Waals surface area contributed by atoms with Gasteiger partial charge in [-0.1, -0.05) is 29.8 Å². The summed E-state index contributed by atoms with van der Waals surface area (Å²) in [6.07, 6.45) is -6.03. The zero-order valence-corrected chi connectivity index (χ0v) is 20.9. The fourth-order valence-corrected chi connectivity index (χ4v) is 4.00. The lowest BCUT2D eigenvalue weighted by molar-refractivity contribution is -0.274. The fraction of sp³-hybridized carbons (Fsp3) is 0.292. The fourth-order valence-electron chi connectivity index (χ4n) is 3.88. The Morgan fingerprint density at radius 2 is 1.79 bits per heavy atom. The molecule has 1 unspecified atom stereocenters. The largest absolute Gasteiger partial charge is 0.573 e. The highest BCUT2D eigenvalue weighted by Crippen LogP contribution is 2.34. The van der Waals surface area contributed by atoms with Crippen LogP contribution >= 0.6 is 11.6 Å². The number of nitrogens with one attached hydrogen (secondary N) is 1. The predicted octanol–water partition coefficient (Wildman–Crippen LogP) is 3.46. The Balaban J connectivity index is 1.75. The molecule has 0 fully saturated rings. The van der Waals surface area contributed by atoms with Gasteiger partial charge in [-0.15, -0.1) is 13.2 Å². The highest BCUT2D eigenvalue weighted by molar-refractivity contribution is 6.30. The number of carbonyl (C=O) groups is 1. The first kappa shape index (κ1) is 26.9. The average molecular weight is 555 g/mol. The van der Waals surface area contributed by atoms with E-state index in [9.17, 15) is 27.6 Å². The molecule has 10 nitrogen and oxygen atoms in total. The molecule has 1 aliphatic rings. The van der Waals surface area contributed by atoms with Crippen LogP contribution in [0.15, 0.2) is 58.1 Å². The van der Waals surface area contributed by atoms with Gasteiger partial charge in [-0.25, -0.2) is 9.36 Å². The Morgan fingerprint density at radius 3 is 2.45 bits per heavy atom. The van der Waals surface area contributed by atoms with E-state index in [1.165, 1.54) is 24.1 Å². The molecule has 14 heteroatoms. The molecular formula is C24H22ClF3N4O6. The quantitative estimate of drug-likeness (QED) is 0.422. The lowest BCUT2D eigenvalue weighted by Crippen LogP contribution is -2.44. The number of fused-ring (bicyclic) bond motifs is 1. The Kier molecular flexibility index (Phi) is 7.58. The third kappa shape index (κ3) is 5.88. The second kappa shape index (κ2) is 10.7. The van der Waals surface area contributed by atoms with Crippen LogP contribution in [0.2, 0.25) is 5.02 Å². The number of aromatic nitrogens is 2. The van der Waals surface area contributed by atoms with Crippen LogP contribution in [0.3, 0.4) is 0 Å². The summed E-state index contributed by atoms with van der Waals surface area (Å²) in [4.78, 5) is 40.0. The first-order valence-electron chi connectivity index (χ1n) is 11.3. The maximum absolute atomic E-state index is 13.5. The molecule has 0 saturated heterocycles. The van der Waals surface area contributed by atoms with E-state index in [4.69, 9.17) is 21.1 Å². The number of halogens is 4. The predicted molar refractivity (Wildman–Crippen MR) is 131 cm³/mol. The van der Waals surface area contributed by atoms with Gasteiger partial charge in [-0.05, 0) is 36.8 Å². The average Bonchev–Trinajstić information content (AvgIpc) is 3.19. The van der Waals surface area contributed by atoms with Crippen molar-refractivity contribution in [3.05, 3.63) is 80.0 Å². The molecule has 0 bridgehead atoms. The van der Waals surface area contributed by atoms with Crippen molar-refractivity contribution < 1.29 is 32.2 Å². The monoisotopic (exact) mass is 554 g/mol. The number of hydrogen-bond acceptors (Lipinski definition) is 8. The second-order valence-electron chi connectivity index (χ2n) is 8.13. The number of anilines is 2. The molecule has 1 N–H and O–H groups in total. The Bertz CT molecular complexity index is 1460. The molecule has 4 rings (SSSR count). The summed E-state index contributed by atoms with van der Waals surface area (Å²) in [5.41, 5.74) is -0.837. The molecular weight excluding hydrogens is 533 g/mol. The summed E-state index contributed by atoms with van der Waals surface area (Å²) in [6, 6.07) is 11.6. The van der Waals surface area contributed by atoms with Gasteiger partial charge < -0.3 is 24.4 Å². The molecule has 38 heavy (non-hydrogen) atoms. The SMILES string of the molecule is CCOC(=O)Cn1c(=O)c2c(n(C)c1=O)NC(Oc1cccc(OC(F)(F)F)c1)N2Cc1ccc(Cl)cc1. The minimum Gasteiger partial charge on any atom is -0.465 e. The third-order valence-electron chi connectivity index (χ3n) is 5.50. The van der Waals surface area contributed by atoms with Crippen LogP contribution in [0.25, 0.3) is 0 Å². The molecule has 2 aromatic carbocycles. The first-order valence-corrected chi connectivity index (χ1v) is 11.6. The number of alkyl halides is 3. The lowest BCUT2D eigenvalue weighted by Gasteiger charge is -2.26. The van der Waals surface area contributed by atoms with Gasteiger partial charge in [0.05, 0.1) is 6.61 Å². The molecule has 3 aromatic rings. The van der Waals surface area contributed by atoms with E-state index in [2.05, 4.69) is 10.1 Å². The number of rotatable bonds is 8. The van der Waals surface area contributed by atoms with Crippen molar-refractivity contribution in [2.75, 3.05) is 16.8 Å². The Labute approximate surface area is 218 Å². The summed E-state index contributed by atoms with van der Waals surface area (Å²) >= 11 is 5.99. The number of nitrogens with zero attached hydrogens (tertiary/aromatic N) is 3. The number of benzene rings is 2. The van der Waals surface area contributed by atoms with E-state index >= 15 is 0 Å². The van der Waals surface area contributed by atoms with Crippen molar-refractivity contribution in [1.29, 1.82) is 0 Å². The normalized spacial score (nSPS) is 14.6. The van der Waals surface area contributed by atoms with Crippen LogP contribution in [-0.4, -0.2) is 34.4 Å². The van der Waals surface area contributed by atoms with Crippen molar-refractivity contribution in [2.45, 2.75) is 32.7 Å². The van der Waals surface area contributed by atoms with Crippen molar-refractivity contribution in [1.82, 2.24) is 9.13 Å². The van der Waals surface area contributed by atoms with Crippen LogP contribution in [0, 0.1) is 0 Å². The lowest BCUT2D eigenvalue weighted by atomic mass is 10.2. The van der Waals surface area contributed by atoms with E-state index in [1.807, 2.05) is 0 Å². The number of ether oxygens (including phenoxy) is 3. The zero-order valence-electron chi connectivity index (χ0n) is 20.1. The van der Waals surface area contributed by atoms with Gasteiger partial charge >= 0.3 is 18.0 Å².